The molecule has 0 saturated carbocycles. The number of rotatable bonds is 4. The van der Waals surface area contributed by atoms with E-state index < -0.39 is 0 Å². The molecule has 0 unspecified atom stereocenters. The highest BCUT2D eigenvalue weighted by Crippen LogP contribution is 2.41. The first kappa shape index (κ1) is 16.5. The molecule has 0 bridgehead atoms. The molecule has 3 heteroatoms. The molecule has 1 nitrogen and oxygen atoms in total. The van der Waals surface area contributed by atoms with E-state index in [1.807, 2.05) is 12.1 Å². The van der Waals surface area contributed by atoms with Crippen LogP contribution in [-0.4, -0.2) is 6.54 Å². The van der Waals surface area contributed by atoms with Gasteiger partial charge in [0.05, 0.1) is 0 Å². The van der Waals surface area contributed by atoms with Crippen LogP contribution in [0.4, 0.5) is 0 Å². The van der Waals surface area contributed by atoms with Gasteiger partial charge in [0.15, 0.2) is 0 Å². The van der Waals surface area contributed by atoms with E-state index in [0.29, 0.717) is 6.54 Å². The molecule has 0 atom stereocenters. The third kappa shape index (κ3) is 3.13. The highest BCUT2D eigenvalue weighted by molar-refractivity contribution is 7.99. The summed E-state index contributed by atoms with van der Waals surface area (Å²) in [5.41, 5.74) is 7.24. The second-order valence-corrected chi connectivity index (χ2v) is 7.51. The van der Waals surface area contributed by atoms with Crippen LogP contribution in [0.3, 0.4) is 0 Å². The largest absolute Gasteiger partial charge is 0.330 e. The topological polar surface area (TPSA) is 26.0 Å². The van der Waals surface area contributed by atoms with Gasteiger partial charge in [-0.3, -0.25) is 0 Å². The summed E-state index contributed by atoms with van der Waals surface area (Å²) in [6.07, 6.45) is 0.882. The van der Waals surface area contributed by atoms with E-state index in [-0.39, 0.29) is 0 Å². The van der Waals surface area contributed by atoms with Gasteiger partial charge < -0.3 is 5.73 Å². The van der Waals surface area contributed by atoms with Crippen LogP contribution < -0.4 is 5.73 Å². The molecule has 0 aliphatic rings. The number of hydrogen-bond acceptors (Lipinski definition) is 2. The Kier molecular flexibility index (Phi) is 4.67. The minimum atomic E-state index is 0.650. The SMILES string of the molecule is NCCc1c2ccccc2c(Sc2ccc(Cl)cc2)c2ccccc12. The van der Waals surface area contributed by atoms with Gasteiger partial charge in [-0.05, 0) is 64.3 Å². The fourth-order valence-electron chi connectivity index (χ4n) is 3.32. The van der Waals surface area contributed by atoms with E-state index in [4.69, 9.17) is 17.3 Å². The number of halogens is 1. The highest BCUT2D eigenvalue weighted by Gasteiger charge is 2.14. The van der Waals surface area contributed by atoms with Gasteiger partial charge in [0.1, 0.15) is 0 Å². The van der Waals surface area contributed by atoms with Gasteiger partial charge in [0, 0.05) is 14.8 Å². The maximum atomic E-state index is 6.04. The Balaban J connectivity index is 2.01. The lowest BCUT2D eigenvalue weighted by Gasteiger charge is -2.16. The molecule has 0 aliphatic heterocycles. The van der Waals surface area contributed by atoms with E-state index >= 15 is 0 Å². The molecule has 0 aromatic heterocycles. The van der Waals surface area contributed by atoms with Gasteiger partial charge >= 0.3 is 0 Å². The zero-order chi connectivity index (χ0) is 17.2. The van der Waals surface area contributed by atoms with Crippen molar-refractivity contribution < 1.29 is 0 Å². The summed E-state index contributed by atoms with van der Waals surface area (Å²) < 4.78 is 0. The standard InChI is InChI=1S/C22H18ClNS/c23-15-9-11-16(12-10-15)25-22-20-7-3-1-5-17(20)19(13-14-24)18-6-2-4-8-21(18)22/h1-12H,13-14,24H2. The molecule has 4 rings (SSSR count). The van der Waals surface area contributed by atoms with Crippen LogP contribution >= 0.6 is 23.4 Å². The summed E-state index contributed by atoms with van der Waals surface area (Å²) in [5.74, 6) is 0. The van der Waals surface area contributed by atoms with Crippen molar-refractivity contribution in [3.63, 3.8) is 0 Å². The zero-order valence-corrected chi connectivity index (χ0v) is 15.3. The second-order valence-electron chi connectivity index (χ2n) is 5.99. The van der Waals surface area contributed by atoms with Gasteiger partial charge in [-0.15, -0.1) is 0 Å². The lowest BCUT2D eigenvalue weighted by molar-refractivity contribution is 0.984. The lowest BCUT2D eigenvalue weighted by Crippen LogP contribution is -2.04. The first-order valence-corrected chi connectivity index (χ1v) is 9.53. The Labute approximate surface area is 156 Å². The summed E-state index contributed by atoms with van der Waals surface area (Å²) in [5, 5.41) is 5.91. The van der Waals surface area contributed by atoms with Crippen molar-refractivity contribution in [2.24, 2.45) is 5.73 Å². The van der Waals surface area contributed by atoms with Crippen LogP contribution in [0.5, 0.6) is 0 Å². The molecular weight excluding hydrogens is 346 g/mol. The monoisotopic (exact) mass is 363 g/mol. The van der Waals surface area contributed by atoms with Crippen molar-refractivity contribution in [1.82, 2.24) is 0 Å². The van der Waals surface area contributed by atoms with E-state index in [1.54, 1.807) is 11.8 Å². The van der Waals surface area contributed by atoms with Gasteiger partial charge in [0.2, 0.25) is 0 Å². The summed E-state index contributed by atoms with van der Waals surface area (Å²) in [7, 11) is 0. The molecule has 4 aromatic rings. The van der Waals surface area contributed by atoms with E-state index in [9.17, 15) is 0 Å². The molecule has 124 valence electrons. The molecule has 0 spiro atoms. The molecular formula is C22H18ClNS. The first-order valence-electron chi connectivity index (χ1n) is 8.34. The summed E-state index contributed by atoms with van der Waals surface area (Å²) >= 11 is 7.83. The smallest absolute Gasteiger partial charge is 0.0406 e. The van der Waals surface area contributed by atoms with Gasteiger partial charge in [-0.25, -0.2) is 0 Å². The van der Waals surface area contributed by atoms with Gasteiger partial charge in [-0.2, -0.15) is 0 Å². The number of hydrogen-bond donors (Lipinski definition) is 1. The van der Waals surface area contributed by atoms with Gasteiger partial charge in [0.25, 0.3) is 0 Å². The molecule has 0 radical (unpaired) electrons. The number of benzene rings is 4. The summed E-state index contributed by atoms with van der Waals surface area (Å²) in [6, 6.07) is 25.3. The van der Waals surface area contributed by atoms with Crippen LogP contribution in [-0.2, 0) is 6.42 Å². The van der Waals surface area contributed by atoms with Crippen molar-refractivity contribution in [3.8, 4) is 0 Å². The van der Waals surface area contributed by atoms with Crippen LogP contribution in [0.25, 0.3) is 21.5 Å². The van der Waals surface area contributed by atoms with Crippen LogP contribution in [0.2, 0.25) is 5.02 Å². The van der Waals surface area contributed by atoms with E-state index in [1.165, 1.54) is 36.9 Å². The van der Waals surface area contributed by atoms with Crippen molar-refractivity contribution in [2.45, 2.75) is 16.2 Å². The molecule has 25 heavy (non-hydrogen) atoms. The number of fused-ring (bicyclic) bond motifs is 2. The van der Waals surface area contributed by atoms with Crippen molar-refractivity contribution >= 4 is 44.9 Å². The molecule has 0 fully saturated rings. The third-order valence-corrected chi connectivity index (χ3v) is 5.83. The summed E-state index contributed by atoms with van der Waals surface area (Å²) in [6.45, 7) is 0.650. The van der Waals surface area contributed by atoms with Crippen molar-refractivity contribution in [3.05, 3.63) is 83.4 Å². The predicted octanol–water partition coefficient (Wildman–Crippen LogP) is 6.30. The first-order chi connectivity index (χ1) is 12.3. The fraction of sp³-hybridized carbons (Fsp3) is 0.0909. The molecule has 0 heterocycles. The van der Waals surface area contributed by atoms with E-state index in [2.05, 4.69) is 60.7 Å². The van der Waals surface area contributed by atoms with Crippen LogP contribution in [0.1, 0.15) is 5.56 Å². The summed E-state index contributed by atoms with van der Waals surface area (Å²) in [4.78, 5) is 2.47. The Morgan fingerprint density at radius 2 is 1.24 bits per heavy atom. The molecule has 4 aromatic carbocycles. The van der Waals surface area contributed by atoms with Crippen LogP contribution in [0.15, 0.2) is 82.6 Å². The normalized spacial score (nSPS) is 11.3. The minimum absolute atomic E-state index is 0.650. The zero-order valence-electron chi connectivity index (χ0n) is 13.7. The average molecular weight is 364 g/mol. The number of nitrogens with two attached hydrogens (primary N) is 1. The quantitative estimate of drug-likeness (QED) is 0.430. The Bertz CT molecular complexity index is 984. The van der Waals surface area contributed by atoms with E-state index in [0.717, 1.165) is 11.4 Å². The third-order valence-electron chi connectivity index (χ3n) is 4.42. The minimum Gasteiger partial charge on any atom is -0.330 e. The maximum Gasteiger partial charge on any atom is 0.0406 e. The Morgan fingerprint density at radius 1 is 0.720 bits per heavy atom. The van der Waals surface area contributed by atoms with Crippen molar-refractivity contribution in [1.29, 1.82) is 0 Å². The molecule has 0 saturated heterocycles. The van der Waals surface area contributed by atoms with Crippen LogP contribution in [0, 0.1) is 0 Å². The molecule has 2 N–H and O–H groups in total. The van der Waals surface area contributed by atoms with Gasteiger partial charge in [-0.1, -0.05) is 71.9 Å². The lowest BCUT2D eigenvalue weighted by atomic mass is 9.95. The maximum absolute atomic E-state index is 6.04. The Morgan fingerprint density at radius 3 is 1.76 bits per heavy atom. The Hall–Kier alpha value is -2.00. The molecule has 0 amide bonds. The van der Waals surface area contributed by atoms with Crippen molar-refractivity contribution in [2.75, 3.05) is 6.54 Å². The fourth-order valence-corrected chi connectivity index (χ4v) is 4.53. The molecule has 0 aliphatic carbocycles. The predicted molar refractivity (Wildman–Crippen MR) is 110 cm³/mol. The second kappa shape index (κ2) is 7.09. The average Bonchev–Trinajstić information content (AvgIpc) is 2.66. The highest BCUT2D eigenvalue weighted by atomic mass is 35.5.